The SMILES string of the molecule is FCOc1ccc(C2CC[SiH](Cl)CC2)cc1. The van der Waals surface area contributed by atoms with Crippen molar-refractivity contribution in [2.75, 3.05) is 6.86 Å². The first kappa shape index (κ1) is 11.9. The van der Waals surface area contributed by atoms with Crippen LogP contribution in [0.3, 0.4) is 0 Å². The molecule has 1 saturated heterocycles. The molecule has 0 unspecified atom stereocenters. The number of hydrogen-bond donors (Lipinski definition) is 0. The van der Waals surface area contributed by atoms with E-state index in [-0.39, 0.29) is 0 Å². The Bertz CT molecular complexity index is 322. The van der Waals surface area contributed by atoms with Gasteiger partial charge in [-0.25, -0.2) is 4.39 Å². The summed E-state index contributed by atoms with van der Waals surface area (Å²) in [5, 5.41) is 0. The lowest BCUT2D eigenvalue weighted by molar-refractivity contribution is 0.191. The van der Waals surface area contributed by atoms with Gasteiger partial charge < -0.3 is 4.74 Å². The molecular formula is C12H16ClFOSi. The Hall–Kier alpha value is -0.543. The lowest BCUT2D eigenvalue weighted by Crippen LogP contribution is -2.14. The van der Waals surface area contributed by atoms with Gasteiger partial charge in [0.15, 0.2) is 0 Å². The van der Waals surface area contributed by atoms with Gasteiger partial charge in [0.05, 0.1) is 0 Å². The lowest BCUT2D eigenvalue weighted by atomic mass is 9.93. The molecule has 1 aliphatic heterocycles. The molecule has 0 N–H and O–H groups in total. The molecule has 0 atom stereocenters. The summed E-state index contributed by atoms with van der Waals surface area (Å²) < 4.78 is 16.7. The monoisotopic (exact) mass is 258 g/mol. The van der Waals surface area contributed by atoms with E-state index in [1.807, 2.05) is 24.3 Å². The summed E-state index contributed by atoms with van der Waals surface area (Å²) in [6, 6.07) is 10.2. The van der Waals surface area contributed by atoms with Gasteiger partial charge in [0.2, 0.25) is 6.86 Å². The molecule has 1 nitrogen and oxygen atoms in total. The molecule has 0 bridgehead atoms. The Kier molecular flexibility index (Phi) is 4.24. The first-order chi connectivity index (χ1) is 7.79. The van der Waals surface area contributed by atoms with Crippen molar-refractivity contribution in [1.82, 2.24) is 0 Å². The third-order valence-electron chi connectivity index (χ3n) is 3.23. The van der Waals surface area contributed by atoms with E-state index in [4.69, 9.17) is 15.8 Å². The molecule has 1 fully saturated rings. The van der Waals surface area contributed by atoms with Crippen LogP contribution in [-0.2, 0) is 0 Å². The molecule has 4 heteroatoms. The summed E-state index contributed by atoms with van der Waals surface area (Å²) in [5.74, 6) is 1.24. The van der Waals surface area contributed by atoms with Crippen LogP contribution < -0.4 is 4.74 Å². The number of rotatable bonds is 3. The smallest absolute Gasteiger partial charge is 0.228 e. The normalized spacial score (nSPS) is 25.4. The van der Waals surface area contributed by atoms with Crippen LogP contribution in [-0.4, -0.2) is 15.0 Å². The van der Waals surface area contributed by atoms with Gasteiger partial charge >= 0.3 is 0 Å². The van der Waals surface area contributed by atoms with Gasteiger partial charge in [0.25, 0.3) is 0 Å². The summed E-state index contributed by atoms with van der Waals surface area (Å²) in [6.07, 6.45) is 2.42. The molecular weight excluding hydrogens is 243 g/mol. The highest BCUT2D eigenvalue weighted by atomic mass is 35.6. The van der Waals surface area contributed by atoms with Crippen LogP contribution in [0, 0.1) is 0 Å². The zero-order valence-electron chi connectivity index (χ0n) is 9.16. The maximum absolute atomic E-state index is 11.9. The maximum atomic E-state index is 11.9. The van der Waals surface area contributed by atoms with E-state index < -0.39 is 15.0 Å². The van der Waals surface area contributed by atoms with E-state index in [9.17, 15) is 4.39 Å². The Morgan fingerprint density at radius 2 is 1.88 bits per heavy atom. The summed E-state index contributed by atoms with van der Waals surface area (Å²) in [6.45, 7) is -0.762. The molecule has 88 valence electrons. The molecule has 0 aliphatic carbocycles. The first-order valence-electron chi connectivity index (χ1n) is 5.72. The molecule has 0 aromatic heterocycles. The molecule has 1 aliphatic rings. The maximum Gasteiger partial charge on any atom is 0.228 e. The second kappa shape index (κ2) is 5.69. The van der Waals surface area contributed by atoms with Gasteiger partial charge in [-0.05, 0) is 48.5 Å². The van der Waals surface area contributed by atoms with Crippen LogP contribution in [0.5, 0.6) is 5.75 Å². The van der Waals surface area contributed by atoms with Crippen LogP contribution in [0.4, 0.5) is 4.39 Å². The van der Waals surface area contributed by atoms with Crippen molar-refractivity contribution in [2.24, 2.45) is 0 Å². The third-order valence-corrected chi connectivity index (χ3v) is 6.46. The Morgan fingerprint density at radius 1 is 1.25 bits per heavy atom. The highest BCUT2D eigenvalue weighted by Crippen LogP contribution is 2.35. The zero-order valence-corrected chi connectivity index (χ0v) is 11.1. The van der Waals surface area contributed by atoms with E-state index in [0.717, 1.165) is 0 Å². The minimum absolute atomic E-state index is 0.603. The van der Waals surface area contributed by atoms with Crippen LogP contribution in [0.15, 0.2) is 24.3 Å². The van der Waals surface area contributed by atoms with Crippen molar-refractivity contribution in [3.8, 4) is 5.75 Å². The van der Waals surface area contributed by atoms with Gasteiger partial charge in [-0.15, -0.1) is 0 Å². The second-order valence-electron chi connectivity index (χ2n) is 4.27. The quantitative estimate of drug-likeness (QED) is 0.591. The molecule has 0 radical (unpaired) electrons. The number of alkyl halides is 1. The van der Waals surface area contributed by atoms with E-state index in [0.29, 0.717) is 11.7 Å². The molecule has 1 aromatic rings. The fraction of sp³-hybridized carbons (Fsp3) is 0.500. The van der Waals surface area contributed by atoms with E-state index >= 15 is 0 Å². The predicted octanol–water partition coefficient (Wildman–Crippen LogP) is 3.83. The molecule has 0 amide bonds. The van der Waals surface area contributed by atoms with Crippen LogP contribution in [0.1, 0.15) is 24.3 Å². The molecule has 0 saturated carbocycles. The first-order valence-corrected chi connectivity index (χ1v) is 9.10. The van der Waals surface area contributed by atoms with Gasteiger partial charge in [0.1, 0.15) is 13.9 Å². The van der Waals surface area contributed by atoms with Crippen molar-refractivity contribution in [2.45, 2.75) is 30.8 Å². The molecule has 1 aromatic carbocycles. The van der Waals surface area contributed by atoms with Gasteiger partial charge in [0, 0.05) is 0 Å². The van der Waals surface area contributed by atoms with Crippen molar-refractivity contribution in [1.29, 1.82) is 0 Å². The minimum atomic E-state index is -0.880. The van der Waals surface area contributed by atoms with E-state index in [2.05, 4.69) is 0 Å². The number of hydrogen-bond acceptors (Lipinski definition) is 1. The highest BCUT2D eigenvalue weighted by Gasteiger charge is 2.21. The van der Waals surface area contributed by atoms with Gasteiger partial charge in [-0.2, -0.15) is 11.1 Å². The average molecular weight is 259 g/mol. The largest absolute Gasteiger partial charge is 0.463 e. The second-order valence-corrected chi connectivity index (χ2v) is 8.47. The van der Waals surface area contributed by atoms with E-state index in [1.165, 1.54) is 30.5 Å². The third kappa shape index (κ3) is 2.98. The van der Waals surface area contributed by atoms with Crippen LogP contribution in [0.2, 0.25) is 12.1 Å². The summed E-state index contributed by atoms with van der Waals surface area (Å²) in [7, 11) is -0.880. The van der Waals surface area contributed by atoms with Crippen molar-refractivity contribution >= 4 is 19.2 Å². The number of halogens is 2. The lowest BCUT2D eigenvalue weighted by Gasteiger charge is -2.24. The highest BCUT2D eigenvalue weighted by molar-refractivity contribution is 7.07. The fourth-order valence-electron chi connectivity index (χ4n) is 2.29. The topological polar surface area (TPSA) is 9.23 Å². The standard InChI is InChI=1S/C12H16ClFOSi/c13-16-7-5-11(6-8-16)10-1-3-12(4-2-10)15-9-14/h1-4,11,16H,5-9H2. The van der Waals surface area contributed by atoms with Crippen LogP contribution in [0.25, 0.3) is 0 Å². The fourth-order valence-corrected chi connectivity index (χ4v) is 4.86. The molecule has 0 spiro atoms. The van der Waals surface area contributed by atoms with Gasteiger partial charge in [-0.1, -0.05) is 12.1 Å². The van der Waals surface area contributed by atoms with Crippen molar-refractivity contribution in [3.63, 3.8) is 0 Å². The number of benzene rings is 1. The molecule has 16 heavy (non-hydrogen) atoms. The summed E-state index contributed by atoms with van der Waals surface area (Å²) >= 11 is 6.21. The Morgan fingerprint density at radius 3 is 2.44 bits per heavy atom. The minimum Gasteiger partial charge on any atom is -0.463 e. The Labute approximate surface area is 102 Å². The van der Waals surface area contributed by atoms with E-state index in [1.54, 1.807) is 0 Å². The summed E-state index contributed by atoms with van der Waals surface area (Å²) in [4.78, 5) is 0. The summed E-state index contributed by atoms with van der Waals surface area (Å²) in [5.41, 5.74) is 1.34. The molecule has 1 heterocycles. The van der Waals surface area contributed by atoms with Crippen molar-refractivity contribution in [3.05, 3.63) is 29.8 Å². The predicted molar refractivity (Wildman–Crippen MR) is 67.6 cm³/mol. The Balaban J connectivity index is 1.98. The molecule has 2 rings (SSSR count). The van der Waals surface area contributed by atoms with Crippen LogP contribution >= 0.6 is 11.1 Å². The van der Waals surface area contributed by atoms with Gasteiger partial charge in [-0.3, -0.25) is 0 Å². The van der Waals surface area contributed by atoms with Crippen molar-refractivity contribution < 1.29 is 9.13 Å². The zero-order chi connectivity index (χ0) is 11.4. The average Bonchev–Trinajstić information content (AvgIpc) is 2.32. The number of ether oxygens (including phenoxy) is 1.